The van der Waals surface area contributed by atoms with Crippen LogP contribution >= 0.6 is 11.8 Å². The fourth-order valence-corrected chi connectivity index (χ4v) is 9.98. The third kappa shape index (κ3) is 6.74. The molecule has 0 aliphatic heterocycles. The van der Waals surface area contributed by atoms with Crippen LogP contribution in [-0.2, 0) is 12.8 Å². The van der Waals surface area contributed by atoms with E-state index in [-0.39, 0.29) is 11.8 Å². The fourth-order valence-electron chi connectivity index (χ4n) is 9.09. The first-order chi connectivity index (χ1) is 20.2. The molecular weight excluding hydrogens is 581 g/mol. The minimum absolute atomic E-state index is 0.0208. The molecule has 0 spiro atoms. The maximum atomic E-state index is 13.0. The van der Waals surface area contributed by atoms with Crippen LogP contribution in [0, 0.1) is 23.2 Å². The Morgan fingerprint density at radius 1 is 0.953 bits per heavy atom. The van der Waals surface area contributed by atoms with Gasteiger partial charge in [-0.3, -0.25) is 0 Å². The summed E-state index contributed by atoms with van der Waals surface area (Å²) in [5.74, 6) is -0.722. The number of hydrogen-bond donors (Lipinski definition) is 2. The lowest BCUT2D eigenvalue weighted by atomic mass is 9.50. The minimum atomic E-state index is -5.45. The second-order valence-electron chi connectivity index (χ2n) is 14.5. The molecular formula is C34H50F5NO2S. The maximum Gasteiger partial charge on any atom is 0.453 e. The van der Waals surface area contributed by atoms with Crippen LogP contribution in [0.1, 0.15) is 113 Å². The van der Waals surface area contributed by atoms with E-state index >= 15 is 0 Å². The van der Waals surface area contributed by atoms with Gasteiger partial charge in [0, 0.05) is 18.4 Å². The summed E-state index contributed by atoms with van der Waals surface area (Å²) in [7, 11) is 2.09. The topological polar surface area (TPSA) is 43.7 Å². The first-order valence-electron chi connectivity index (χ1n) is 16.5. The lowest BCUT2D eigenvalue weighted by molar-refractivity contribution is -0.284. The molecule has 6 atom stereocenters. The molecule has 2 fully saturated rings. The zero-order valence-electron chi connectivity index (χ0n) is 26.0. The van der Waals surface area contributed by atoms with Crippen molar-refractivity contribution in [3.05, 3.63) is 28.3 Å². The third-order valence-corrected chi connectivity index (χ3v) is 13.0. The average molecular weight is 632 g/mol. The van der Waals surface area contributed by atoms with Gasteiger partial charge in [0.25, 0.3) is 0 Å². The fraction of sp³-hybridized carbons (Fsp3) is 0.824. The van der Waals surface area contributed by atoms with E-state index in [1.54, 1.807) is 5.56 Å². The van der Waals surface area contributed by atoms with Crippen LogP contribution in [0.4, 0.5) is 22.0 Å². The Bertz CT molecular complexity index is 1140. The van der Waals surface area contributed by atoms with Gasteiger partial charge in [-0.1, -0.05) is 19.8 Å². The largest absolute Gasteiger partial charge is 0.508 e. The minimum Gasteiger partial charge on any atom is -0.508 e. The van der Waals surface area contributed by atoms with Crippen LogP contribution in [0.15, 0.2) is 6.07 Å². The van der Waals surface area contributed by atoms with E-state index in [2.05, 4.69) is 31.9 Å². The Morgan fingerprint density at radius 2 is 1.67 bits per heavy atom. The molecule has 0 amide bonds. The summed E-state index contributed by atoms with van der Waals surface area (Å²) in [5, 5.41) is 21.9. The van der Waals surface area contributed by atoms with Crippen molar-refractivity contribution in [2.75, 3.05) is 31.6 Å². The van der Waals surface area contributed by atoms with Crippen LogP contribution in [0.2, 0.25) is 0 Å². The Kier molecular flexibility index (Phi) is 9.77. The zero-order chi connectivity index (χ0) is 31.2. The lowest BCUT2D eigenvalue weighted by Gasteiger charge is -2.55. The summed E-state index contributed by atoms with van der Waals surface area (Å²) >= 11 is 1.45. The van der Waals surface area contributed by atoms with E-state index in [4.69, 9.17) is 0 Å². The molecule has 43 heavy (non-hydrogen) atoms. The molecule has 3 nitrogen and oxygen atoms in total. The Balaban J connectivity index is 1.05. The predicted molar refractivity (Wildman–Crippen MR) is 163 cm³/mol. The van der Waals surface area contributed by atoms with Crippen molar-refractivity contribution in [3.8, 4) is 5.75 Å². The number of phenolic OH excluding ortho intramolecular Hbond substituents is 1. The number of halogens is 5. The highest BCUT2D eigenvalue weighted by Crippen LogP contribution is 2.67. The molecule has 4 aliphatic rings. The zero-order valence-corrected chi connectivity index (χ0v) is 26.9. The first-order valence-corrected chi connectivity index (χ1v) is 17.6. The van der Waals surface area contributed by atoms with Gasteiger partial charge in [-0.25, -0.2) is 0 Å². The van der Waals surface area contributed by atoms with Crippen LogP contribution in [0.25, 0.3) is 0 Å². The third-order valence-electron chi connectivity index (χ3n) is 11.8. The summed E-state index contributed by atoms with van der Waals surface area (Å²) in [4.78, 5) is 2.29. The molecule has 0 radical (unpaired) electrons. The number of benzene rings is 1. The van der Waals surface area contributed by atoms with Gasteiger partial charge in [0.05, 0.1) is 5.60 Å². The molecule has 4 aliphatic carbocycles. The van der Waals surface area contributed by atoms with Crippen LogP contribution in [-0.4, -0.2) is 64.5 Å². The number of alkyl halides is 5. The molecule has 0 unspecified atom stereocenters. The molecule has 0 heterocycles. The number of unbranched alkanes of at least 4 members (excludes halogenated alkanes) is 2. The molecule has 1 aromatic carbocycles. The standard InChI is InChI=1S/C34H50F5NO2S/c1-31-13-10-24-29-23(20-28(41)25-21-26(25)29)19-22(30(24)27(31)11-14-32(31,2)42)9-5-4-6-15-40(3)16-8-18-43-17-7-12-33(35,36)34(37,38)39/h20,22,24,27,30,41-42H,4-19,21H2,1-3H3/t22-,24-,27+,30-,31+,32+/m1/s1. The highest BCUT2D eigenvalue weighted by Gasteiger charge is 2.61. The van der Waals surface area contributed by atoms with E-state index in [9.17, 15) is 32.2 Å². The van der Waals surface area contributed by atoms with Crippen molar-refractivity contribution < 1.29 is 32.2 Å². The van der Waals surface area contributed by atoms with E-state index < -0.39 is 24.1 Å². The highest BCUT2D eigenvalue weighted by molar-refractivity contribution is 7.99. The summed E-state index contributed by atoms with van der Waals surface area (Å²) in [6.07, 6.45) is 4.99. The molecule has 244 valence electrons. The van der Waals surface area contributed by atoms with E-state index in [0.717, 1.165) is 82.2 Å². The number of hydrogen-bond acceptors (Lipinski definition) is 4. The molecule has 9 heteroatoms. The summed E-state index contributed by atoms with van der Waals surface area (Å²) in [5.41, 5.74) is 4.90. The van der Waals surface area contributed by atoms with E-state index in [1.165, 1.54) is 35.7 Å². The molecule has 0 aromatic heterocycles. The highest BCUT2D eigenvalue weighted by atomic mass is 32.2. The Labute approximate surface area is 258 Å². The van der Waals surface area contributed by atoms with Crippen molar-refractivity contribution >= 4 is 11.8 Å². The van der Waals surface area contributed by atoms with Crippen LogP contribution in [0.3, 0.4) is 0 Å². The van der Waals surface area contributed by atoms with Crippen molar-refractivity contribution in [1.29, 1.82) is 0 Å². The van der Waals surface area contributed by atoms with Crippen LogP contribution < -0.4 is 0 Å². The smallest absolute Gasteiger partial charge is 0.453 e. The normalized spacial score (nSPS) is 31.5. The maximum absolute atomic E-state index is 13.0. The molecule has 0 bridgehead atoms. The van der Waals surface area contributed by atoms with Gasteiger partial charge in [-0.15, -0.1) is 0 Å². The van der Waals surface area contributed by atoms with Crippen molar-refractivity contribution in [2.24, 2.45) is 23.2 Å². The quantitative estimate of drug-likeness (QED) is 0.162. The second kappa shape index (κ2) is 12.6. The van der Waals surface area contributed by atoms with Crippen molar-refractivity contribution in [3.63, 3.8) is 0 Å². The number of aromatic hydroxyl groups is 1. The number of nitrogens with zero attached hydrogens (tertiary/aromatic N) is 1. The molecule has 1 aromatic rings. The second-order valence-corrected chi connectivity index (χ2v) is 15.8. The Hall–Kier alpha value is -1.06. The summed E-state index contributed by atoms with van der Waals surface area (Å²) in [6, 6.07) is 2.06. The van der Waals surface area contributed by atoms with Gasteiger partial charge >= 0.3 is 12.1 Å². The van der Waals surface area contributed by atoms with Gasteiger partial charge in [-0.05, 0) is 148 Å². The summed E-state index contributed by atoms with van der Waals surface area (Å²) < 4.78 is 62.7. The van der Waals surface area contributed by atoms with E-state index in [0.29, 0.717) is 35.2 Å². The lowest BCUT2D eigenvalue weighted by Crippen LogP contribution is -2.51. The van der Waals surface area contributed by atoms with E-state index in [1.807, 2.05) is 0 Å². The SMILES string of the molecule is CN(CCCCC[C@@H]1Cc2cc(O)c3c(c2[C@H]2CC[C@@]4(C)[C@@H](CC[C@]4(C)O)[C@H]12)C3)CCCSCCCC(F)(F)C(F)(F)F. The number of fused-ring (bicyclic) bond motifs is 7. The monoisotopic (exact) mass is 631 g/mol. The predicted octanol–water partition coefficient (Wildman–Crippen LogP) is 8.72. The number of thioether (sulfide) groups is 1. The van der Waals surface area contributed by atoms with Gasteiger partial charge in [0.1, 0.15) is 5.75 Å². The number of rotatable bonds is 14. The number of aliphatic hydroxyl groups is 1. The molecule has 0 saturated heterocycles. The van der Waals surface area contributed by atoms with Gasteiger partial charge in [0.2, 0.25) is 0 Å². The molecule has 5 rings (SSSR count). The van der Waals surface area contributed by atoms with Crippen molar-refractivity contribution in [1.82, 2.24) is 4.90 Å². The summed E-state index contributed by atoms with van der Waals surface area (Å²) in [6.45, 7) is 6.29. The molecule has 2 N–H and O–H groups in total. The average Bonchev–Trinajstić information content (AvgIpc) is 3.68. The molecule has 2 saturated carbocycles. The van der Waals surface area contributed by atoms with Gasteiger partial charge in [0.15, 0.2) is 0 Å². The Morgan fingerprint density at radius 3 is 2.42 bits per heavy atom. The first kappa shape index (κ1) is 33.3. The number of phenols is 1. The van der Waals surface area contributed by atoms with Gasteiger partial charge in [-0.2, -0.15) is 33.7 Å². The van der Waals surface area contributed by atoms with Gasteiger partial charge < -0.3 is 15.1 Å². The van der Waals surface area contributed by atoms with Crippen molar-refractivity contribution in [2.45, 2.75) is 121 Å². The van der Waals surface area contributed by atoms with Crippen LogP contribution in [0.5, 0.6) is 5.75 Å².